The Labute approximate surface area is 117 Å². The fraction of sp³-hybridized carbons (Fsp3) is 0.647. The fourth-order valence-corrected chi connectivity index (χ4v) is 2.44. The molecule has 1 aliphatic carbocycles. The van der Waals surface area contributed by atoms with Crippen LogP contribution >= 0.6 is 0 Å². The highest BCUT2D eigenvalue weighted by Gasteiger charge is 2.17. The molecule has 0 aliphatic heterocycles. The third-order valence-corrected chi connectivity index (χ3v) is 4.39. The van der Waals surface area contributed by atoms with Gasteiger partial charge in [0.1, 0.15) is 0 Å². The van der Waals surface area contributed by atoms with E-state index in [9.17, 15) is 5.11 Å². The molecule has 2 rings (SSSR count). The van der Waals surface area contributed by atoms with Gasteiger partial charge in [0, 0.05) is 13.1 Å². The molecular formula is C17H27NO. The van der Waals surface area contributed by atoms with Gasteiger partial charge in [-0.15, -0.1) is 0 Å². The molecule has 0 spiro atoms. The first kappa shape index (κ1) is 14.5. The Hall–Kier alpha value is -0.860. The summed E-state index contributed by atoms with van der Waals surface area (Å²) in [6.07, 6.45) is 5.28. The summed E-state index contributed by atoms with van der Waals surface area (Å²) in [5, 5.41) is 12.8. The third-order valence-electron chi connectivity index (χ3n) is 4.39. The highest BCUT2D eigenvalue weighted by molar-refractivity contribution is 5.23. The fourth-order valence-electron chi connectivity index (χ4n) is 2.44. The van der Waals surface area contributed by atoms with Crippen molar-refractivity contribution < 1.29 is 5.11 Å². The van der Waals surface area contributed by atoms with Gasteiger partial charge in [-0.05, 0) is 36.3 Å². The maximum Gasteiger partial charge on any atom is 0.0549 e. The minimum absolute atomic E-state index is 0.239. The van der Waals surface area contributed by atoms with Crippen LogP contribution in [0.25, 0.3) is 0 Å². The topological polar surface area (TPSA) is 32.3 Å². The minimum Gasteiger partial charge on any atom is -0.393 e. The van der Waals surface area contributed by atoms with Gasteiger partial charge in [-0.25, -0.2) is 0 Å². The molecule has 0 bridgehead atoms. The van der Waals surface area contributed by atoms with Crippen LogP contribution < -0.4 is 5.32 Å². The summed E-state index contributed by atoms with van der Waals surface area (Å²) in [7, 11) is 0. The number of aliphatic hydroxyl groups is 1. The van der Waals surface area contributed by atoms with E-state index in [4.69, 9.17) is 0 Å². The second kappa shape index (κ2) is 7.06. The molecular weight excluding hydrogens is 234 g/mol. The minimum atomic E-state index is -0.239. The molecule has 0 saturated heterocycles. The second-order valence-corrected chi connectivity index (χ2v) is 6.17. The Bertz CT molecular complexity index is 367. The van der Waals surface area contributed by atoms with Crippen LogP contribution in [0.4, 0.5) is 0 Å². The molecule has 1 fully saturated rings. The molecule has 2 atom stereocenters. The zero-order chi connectivity index (χ0) is 13.7. The van der Waals surface area contributed by atoms with Gasteiger partial charge in [-0.3, -0.25) is 0 Å². The molecule has 2 heteroatoms. The van der Waals surface area contributed by atoms with E-state index in [1.807, 2.05) is 6.92 Å². The van der Waals surface area contributed by atoms with Gasteiger partial charge in [-0.1, -0.05) is 50.5 Å². The van der Waals surface area contributed by atoms with Crippen LogP contribution in [-0.4, -0.2) is 17.8 Å². The monoisotopic (exact) mass is 261 g/mol. The molecule has 0 heterocycles. The summed E-state index contributed by atoms with van der Waals surface area (Å²) in [6.45, 7) is 5.67. The largest absolute Gasteiger partial charge is 0.393 e. The lowest BCUT2D eigenvalue weighted by molar-refractivity contribution is 0.134. The number of hydrogen-bond acceptors (Lipinski definition) is 2. The number of benzene rings is 1. The van der Waals surface area contributed by atoms with Crippen LogP contribution in [0.2, 0.25) is 0 Å². The predicted octanol–water partition coefficient (Wildman–Crippen LogP) is 3.14. The van der Waals surface area contributed by atoms with Crippen molar-refractivity contribution in [3.05, 3.63) is 35.4 Å². The van der Waals surface area contributed by atoms with Crippen molar-refractivity contribution in [3.63, 3.8) is 0 Å². The molecule has 1 aromatic carbocycles. The average Bonchev–Trinajstić information content (AvgIpc) is 2.35. The number of rotatable bonds is 7. The summed E-state index contributed by atoms with van der Waals surface area (Å²) in [6, 6.07) is 9.00. The maximum absolute atomic E-state index is 9.43. The van der Waals surface area contributed by atoms with Crippen molar-refractivity contribution in [2.24, 2.45) is 11.8 Å². The van der Waals surface area contributed by atoms with Crippen LogP contribution in [0.15, 0.2) is 24.3 Å². The molecule has 0 radical (unpaired) electrons. The van der Waals surface area contributed by atoms with Crippen molar-refractivity contribution >= 4 is 0 Å². The lowest BCUT2D eigenvalue weighted by Gasteiger charge is -2.25. The van der Waals surface area contributed by atoms with Crippen molar-refractivity contribution in [2.75, 3.05) is 6.54 Å². The van der Waals surface area contributed by atoms with Crippen molar-refractivity contribution in [2.45, 2.75) is 52.2 Å². The summed E-state index contributed by atoms with van der Waals surface area (Å²) < 4.78 is 0. The maximum atomic E-state index is 9.43. The Balaban J connectivity index is 1.72. The Morgan fingerprint density at radius 3 is 2.32 bits per heavy atom. The predicted molar refractivity (Wildman–Crippen MR) is 80.0 cm³/mol. The van der Waals surface area contributed by atoms with Crippen LogP contribution in [0.3, 0.4) is 0 Å². The van der Waals surface area contributed by atoms with E-state index in [0.717, 1.165) is 19.0 Å². The first-order chi connectivity index (χ1) is 9.15. The van der Waals surface area contributed by atoms with E-state index in [1.165, 1.54) is 36.8 Å². The average molecular weight is 261 g/mol. The van der Waals surface area contributed by atoms with Crippen LogP contribution in [0, 0.1) is 11.8 Å². The van der Waals surface area contributed by atoms with Crippen molar-refractivity contribution in [1.82, 2.24) is 5.32 Å². The standard InChI is InChI=1S/C17H27NO/c1-13(14(2)19)11-18-12-17-8-6-16(7-9-17)10-15-4-3-5-15/h6-9,13-15,18-19H,3-5,10-12H2,1-2H3. The summed E-state index contributed by atoms with van der Waals surface area (Å²) in [5.41, 5.74) is 2.81. The molecule has 1 saturated carbocycles. The molecule has 19 heavy (non-hydrogen) atoms. The smallest absolute Gasteiger partial charge is 0.0549 e. The first-order valence-corrected chi connectivity index (χ1v) is 7.61. The normalized spacial score (nSPS) is 18.9. The van der Waals surface area contributed by atoms with E-state index in [-0.39, 0.29) is 6.10 Å². The second-order valence-electron chi connectivity index (χ2n) is 6.17. The molecule has 2 N–H and O–H groups in total. The van der Waals surface area contributed by atoms with Gasteiger partial charge in [-0.2, -0.15) is 0 Å². The quantitative estimate of drug-likeness (QED) is 0.790. The molecule has 1 aliphatic rings. The summed E-state index contributed by atoms with van der Waals surface area (Å²) in [4.78, 5) is 0. The lowest BCUT2D eigenvalue weighted by Crippen LogP contribution is -2.27. The zero-order valence-corrected chi connectivity index (χ0v) is 12.2. The Kier molecular flexibility index (Phi) is 5.41. The van der Waals surface area contributed by atoms with Crippen LogP contribution in [-0.2, 0) is 13.0 Å². The molecule has 2 nitrogen and oxygen atoms in total. The van der Waals surface area contributed by atoms with E-state index in [0.29, 0.717) is 5.92 Å². The highest BCUT2D eigenvalue weighted by atomic mass is 16.3. The molecule has 0 aromatic heterocycles. The van der Waals surface area contributed by atoms with Gasteiger partial charge in [0.15, 0.2) is 0 Å². The van der Waals surface area contributed by atoms with Crippen LogP contribution in [0.1, 0.15) is 44.2 Å². The SMILES string of the molecule is CC(O)C(C)CNCc1ccc(CC2CCC2)cc1. The van der Waals surface area contributed by atoms with Crippen molar-refractivity contribution in [1.29, 1.82) is 0 Å². The number of nitrogens with one attached hydrogen (secondary N) is 1. The van der Waals surface area contributed by atoms with E-state index >= 15 is 0 Å². The van der Waals surface area contributed by atoms with Gasteiger partial charge >= 0.3 is 0 Å². The first-order valence-electron chi connectivity index (χ1n) is 7.61. The Morgan fingerprint density at radius 1 is 1.16 bits per heavy atom. The number of hydrogen-bond donors (Lipinski definition) is 2. The van der Waals surface area contributed by atoms with Gasteiger partial charge in [0.2, 0.25) is 0 Å². The number of aliphatic hydroxyl groups excluding tert-OH is 1. The van der Waals surface area contributed by atoms with Gasteiger partial charge < -0.3 is 10.4 Å². The van der Waals surface area contributed by atoms with Crippen molar-refractivity contribution in [3.8, 4) is 0 Å². The third kappa shape index (κ3) is 4.63. The van der Waals surface area contributed by atoms with Crippen LogP contribution in [0.5, 0.6) is 0 Å². The molecule has 106 valence electrons. The summed E-state index contributed by atoms with van der Waals surface area (Å²) in [5.74, 6) is 1.24. The van der Waals surface area contributed by atoms with E-state index < -0.39 is 0 Å². The summed E-state index contributed by atoms with van der Waals surface area (Å²) >= 11 is 0. The zero-order valence-electron chi connectivity index (χ0n) is 12.2. The van der Waals surface area contributed by atoms with Gasteiger partial charge in [0.05, 0.1) is 6.10 Å². The lowest BCUT2D eigenvalue weighted by atomic mass is 9.81. The van der Waals surface area contributed by atoms with Gasteiger partial charge in [0.25, 0.3) is 0 Å². The van der Waals surface area contributed by atoms with E-state index in [2.05, 4.69) is 36.5 Å². The highest BCUT2D eigenvalue weighted by Crippen LogP contribution is 2.29. The Morgan fingerprint density at radius 2 is 1.79 bits per heavy atom. The van der Waals surface area contributed by atoms with E-state index in [1.54, 1.807) is 0 Å². The molecule has 0 amide bonds. The molecule has 2 unspecified atom stereocenters. The molecule has 1 aromatic rings.